The molecule has 0 heterocycles. The standard InChI is InChI=1S/C57H68O16/c1-39(2)53(58)70-33-25-62-21-29-66-49-19-17-43(37-51(49)68-31-23-64-27-35-72-55(60)41(5)6)57(47-15-11-9-13-45(47)46-14-10-12-16-48(46)57)44-18-20-50(67-30-22-63-26-34-71-54(59)40(3)4)52(38-44)69-32-24-65-28-36-73-56(61)42(7)8/h9-20,37-38,40H,1,5,7,21-36H2,2-4,6,8H3. The van der Waals surface area contributed by atoms with Crippen molar-refractivity contribution in [3.63, 3.8) is 0 Å². The van der Waals surface area contributed by atoms with Crippen molar-refractivity contribution in [1.82, 2.24) is 0 Å². The van der Waals surface area contributed by atoms with Gasteiger partial charge in [-0.05, 0) is 78.4 Å². The van der Waals surface area contributed by atoms with Crippen molar-refractivity contribution in [1.29, 1.82) is 0 Å². The third-order valence-corrected chi connectivity index (χ3v) is 11.0. The number of fused-ring (bicyclic) bond motifs is 3. The van der Waals surface area contributed by atoms with Gasteiger partial charge in [-0.1, -0.05) is 94.2 Å². The summed E-state index contributed by atoms with van der Waals surface area (Å²) in [6, 6.07) is 28.2. The minimum atomic E-state index is -0.936. The average molecular weight is 1010 g/mol. The van der Waals surface area contributed by atoms with E-state index >= 15 is 0 Å². The second kappa shape index (κ2) is 29.5. The zero-order valence-electron chi connectivity index (χ0n) is 42.6. The summed E-state index contributed by atoms with van der Waals surface area (Å²) in [4.78, 5) is 47.4. The van der Waals surface area contributed by atoms with Crippen LogP contribution in [-0.4, -0.2) is 130 Å². The Labute approximate surface area is 428 Å². The molecule has 0 aromatic heterocycles. The summed E-state index contributed by atoms with van der Waals surface area (Å²) in [5.74, 6) is -0.201. The molecule has 0 amide bonds. The van der Waals surface area contributed by atoms with E-state index in [-0.39, 0.29) is 118 Å². The summed E-state index contributed by atoms with van der Waals surface area (Å²) in [7, 11) is 0. The van der Waals surface area contributed by atoms with Crippen LogP contribution in [-0.2, 0) is 62.5 Å². The highest BCUT2D eigenvalue weighted by molar-refractivity contribution is 5.88. The number of hydrogen-bond acceptors (Lipinski definition) is 16. The highest BCUT2D eigenvalue weighted by Gasteiger charge is 2.46. The number of carbonyl (C=O) groups excluding carboxylic acids is 4. The van der Waals surface area contributed by atoms with Gasteiger partial charge in [-0.3, -0.25) is 4.79 Å². The molecule has 5 rings (SSSR count). The molecule has 1 aliphatic carbocycles. The molecule has 16 heteroatoms. The lowest BCUT2D eigenvalue weighted by Crippen LogP contribution is -2.29. The number of ether oxygens (including phenoxy) is 12. The van der Waals surface area contributed by atoms with Crippen LogP contribution in [0, 0.1) is 5.92 Å². The molecule has 0 atom stereocenters. The monoisotopic (exact) mass is 1010 g/mol. The summed E-state index contributed by atoms with van der Waals surface area (Å²) in [5, 5.41) is 0. The molecule has 16 nitrogen and oxygen atoms in total. The van der Waals surface area contributed by atoms with Crippen molar-refractivity contribution in [3.05, 3.63) is 144 Å². The Kier molecular flexibility index (Phi) is 23.0. The summed E-state index contributed by atoms with van der Waals surface area (Å²) < 4.78 is 69.1. The first-order valence-electron chi connectivity index (χ1n) is 24.2. The SMILES string of the molecule is C=C(C)C(=O)OCCOCCOc1ccc(C2(c3ccc(OCCOCCOC(=O)C(C)C)c(OCCOCCOC(=O)C(=C)C)c3)c3ccccc3-c3ccccc32)cc1OCCOCCOC(=O)C(=C)C. The molecule has 0 aliphatic heterocycles. The average Bonchev–Trinajstić information content (AvgIpc) is 3.68. The quantitative estimate of drug-likeness (QED) is 0.0167. The molecule has 4 aromatic rings. The smallest absolute Gasteiger partial charge is 0.333 e. The van der Waals surface area contributed by atoms with Crippen molar-refractivity contribution in [3.8, 4) is 34.1 Å². The van der Waals surface area contributed by atoms with Gasteiger partial charge in [0.2, 0.25) is 0 Å². The normalized spacial score (nSPS) is 12.0. The lowest BCUT2D eigenvalue weighted by Gasteiger charge is -2.34. The van der Waals surface area contributed by atoms with Crippen LogP contribution in [0.4, 0.5) is 0 Å². The fourth-order valence-electron chi connectivity index (χ4n) is 7.54. The van der Waals surface area contributed by atoms with Crippen LogP contribution < -0.4 is 18.9 Å². The van der Waals surface area contributed by atoms with Crippen LogP contribution in [0.5, 0.6) is 23.0 Å². The van der Waals surface area contributed by atoms with E-state index in [4.69, 9.17) is 56.8 Å². The van der Waals surface area contributed by atoms with Gasteiger partial charge in [0.15, 0.2) is 23.0 Å². The van der Waals surface area contributed by atoms with Crippen molar-refractivity contribution in [2.24, 2.45) is 5.92 Å². The number of benzene rings is 4. The maximum Gasteiger partial charge on any atom is 0.333 e. The zero-order chi connectivity index (χ0) is 52.6. The Morgan fingerprint density at radius 2 is 0.726 bits per heavy atom. The van der Waals surface area contributed by atoms with E-state index in [2.05, 4.69) is 44.0 Å². The van der Waals surface area contributed by atoms with Gasteiger partial charge in [0.05, 0.1) is 64.2 Å². The zero-order valence-corrected chi connectivity index (χ0v) is 42.6. The van der Waals surface area contributed by atoms with E-state index < -0.39 is 23.3 Å². The maximum absolute atomic E-state index is 11.9. The molecule has 0 spiro atoms. The molecule has 0 N–H and O–H groups in total. The Morgan fingerprint density at radius 3 is 1.07 bits per heavy atom. The molecule has 1 aliphatic rings. The van der Waals surface area contributed by atoms with E-state index in [0.717, 1.165) is 33.4 Å². The minimum absolute atomic E-state index is 0.0593. The lowest BCUT2D eigenvalue weighted by molar-refractivity contribution is -0.149. The number of esters is 4. The van der Waals surface area contributed by atoms with Crippen molar-refractivity contribution in [2.75, 3.05) is 106 Å². The molecule has 0 unspecified atom stereocenters. The van der Waals surface area contributed by atoms with Crippen molar-refractivity contribution < 1.29 is 76.0 Å². The Bertz CT molecular complexity index is 2460. The first-order chi connectivity index (χ1) is 35.2. The van der Waals surface area contributed by atoms with E-state index in [1.165, 1.54) is 0 Å². The second-order valence-electron chi connectivity index (χ2n) is 17.1. The number of hydrogen-bond donors (Lipinski definition) is 0. The summed E-state index contributed by atoms with van der Waals surface area (Å²) in [6.45, 7) is 21.5. The molecular formula is C57H68O16. The third-order valence-electron chi connectivity index (χ3n) is 11.0. The molecular weight excluding hydrogens is 941 g/mol. The lowest BCUT2D eigenvalue weighted by atomic mass is 9.67. The number of carbonyl (C=O) groups is 4. The molecule has 0 saturated heterocycles. The van der Waals surface area contributed by atoms with Crippen molar-refractivity contribution in [2.45, 2.75) is 40.0 Å². The highest BCUT2D eigenvalue weighted by atomic mass is 16.6. The van der Waals surface area contributed by atoms with Crippen LogP contribution in [0.25, 0.3) is 11.1 Å². The van der Waals surface area contributed by atoms with Gasteiger partial charge in [-0.25, -0.2) is 14.4 Å². The van der Waals surface area contributed by atoms with Gasteiger partial charge >= 0.3 is 23.9 Å². The fourth-order valence-corrected chi connectivity index (χ4v) is 7.54. The fraction of sp³-hybridized carbons (Fsp3) is 0.404. The molecule has 0 bridgehead atoms. The van der Waals surface area contributed by atoms with Crippen molar-refractivity contribution >= 4 is 23.9 Å². The van der Waals surface area contributed by atoms with Crippen LogP contribution in [0.1, 0.15) is 56.9 Å². The Morgan fingerprint density at radius 1 is 0.411 bits per heavy atom. The summed E-state index contributed by atoms with van der Waals surface area (Å²) in [5.41, 5.74) is 5.81. The largest absolute Gasteiger partial charge is 0.487 e. The van der Waals surface area contributed by atoms with E-state index in [9.17, 15) is 19.2 Å². The van der Waals surface area contributed by atoms with Crippen LogP contribution >= 0.6 is 0 Å². The Hall–Kier alpha value is -6.98. The molecule has 73 heavy (non-hydrogen) atoms. The summed E-state index contributed by atoms with van der Waals surface area (Å²) in [6.07, 6.45) is 0. The first-order valence-corrected chi connectivity index (χ1v) is 24.2. The van der Waals surface area contributed by atoms with E-state index in [0.29, 0.717) is 39.7 Å². The molecule has 0 saturated carbocycles. The highest BCUT2D eigenvalue weighted by Crippen LogP contribution is 2.57. The molecule has 392 valence electrons. The van der Waals surface area contributed by atoms with Gasteiger partial charge in [-0.15, -0.1) is 0 Å². The van der Waals surface area contributed by atoms with Crippen LogP contribution in [0.15, 0.2) is 121 Å². The second-order valence-corrected chi connectivity index (χ2v) is 17.1. The molecule has 0 radical (unpaired) electrons. The Balaban J connectivity index is 1.47. The van der Waals surface area contributed by atoms with Gasteiger partial charge in [-0.2, -0.15) is 0 Å². The minimum Gasteiger partial charge on any atom is -0.487 e. The predicted molar refractivity (Wildman–Crippen MR) is 272 cm³/mol. The van der Waals surface area contributed by atoms with Gasteiger partial charge in [0, 0.05) is 16.7 Å². The van der Waals surface area contributed by atoms with Crippen LogP contribution in [0.3, 0.4) is 0 Å². The topological polar surface area (TPSA) is 179 Å². The third kappa shape index (κ3) is 16.5. The maximum atomic E-state index is 11.9. The first kappa shape index (κ1) is 56.9. The number of rotatable bonds is 34. The van der Waals surface area contributed by atoms with Crippen LogP contribution in [0.2, 0.25) is 0 Å². The van der Waals surface area contributed by atoms with Gasteiger partial charge in [0.1, 0.15) is 52.9 Å². The molecule has 0 fully saturated rings. The van der Waals surface area contributed by atoms with E-state index in [1.807, 2.05) is 60.7 Å². The van der Waals surface area contributed by atoms with Gasteiger partial charge in [0.25, 0.3) is 0 Å². The van der Waals surface area contributed by atoms with E-state index in [1.54, 1.807) is 34.6 Å². The summed E-state index contributed by atoms with van der Waals surface area (Å²) >= 11 is 0. The molecule has 4 aromatic carbocycles. The van der Waals surface area contributed by atoms with Gasteiger partial charge < -0.3 is 56.8 Å². The predicted octanol–water partition coefficient (Wildman–Crippen LogP) is 8.19.